The summed E-state index contributed by atoms with van der Waals surface area (Å²) >= 11 is 3.45. The van der Waals surface area contributed by atoms with Gasteiger partial charge in [-0.3, -0.25) is 4.79 Å². The Bertz CT molecular complexity index is 1050. The monoisotopic (exact) mass is 434 g/mol. The molecule has 2 aromatic carbocycles. The zero-order chi connectivity index (χ0) is 20.1. The molecule has 0 bridgehead atoms. The maximum absolute atomic E-state index is 12.3. The Morgan fingerprint density at radius 1 is 1.18 bits per heavy atom. The summed E-state index contributed by atoms with van der Waals surface area (Å²) in [7, 11) is 0. The Hall–Kier alpha value is -3.17. The fraction of sp³-hybridized carbons (Fsp3) is 0.136. The summed E-state index contributed by atoms with van der Waals surface area (Å²) in [5.41, 5.74) is 7.14. The van der Waals surface area contributed by atoms with E-state index in [-0.39, 0.29) is 0 Å². The molecule has 1 aromatic heterocycles. The van der Waals surface area contributed by atoms with E-state index in [9.17, 15) is 10.1 Å². The van der Waals surface area contributed by atoms with Gasteiger partial charge in [-0.1, -0.05) is 46.3 Å². The van der Waals surface area contributed by atoms with Gasteiger partial charge in [-0.25, -0.2) is 5.43 Å². The van der Waals surface area contributed by atoms with Crippen molar-refractivity contribution in [2.24, 2.45) is 5.10 Å². The van der Waals surface area contributed by atoms with Gasteiger partial charge < -0.3 is 4.57 Å². The number of aryl methyl sites for hydroxylation is 1. The Kier molecular flexibility index (Phi) is 6.07. The van der Waals surface area contributed by atoms with Crippen LogP contribution in [0.3, 0.4) is 0 Å². The lowest BCUT2D eigenvalue weighted by atomic mass is 10.0. The number of benzene rings is 2. The summed E-state index contributed by atoms with van der Waals surface area (Å²) in [5.74, 6) is -1.35. The van der Waals surface area contributed by atoms with Crippen LogP contribution < -0.4 is 5.43 Å². The number of hydrazone groups is 1. The van der Waals surface area contributed by atoms with Gasteiger partial charge in [-0.15, -0.1) is 0 Å². The molecule has 3 rings (SSSR count). The predicted octanol–water partition coefficient (Wildman–Crippen LogP) is 4.61. The number of nitrogens with one attached hydrogen (secondary N) is 1. The van der Waals surface area contributed by atoms with E-state index in [1.54, 1.807) is 30.5 Å². The van der Waals surface area contributed by atoms with E-state index in [2.05, 4.69) is 31.0 Å². The zero-order valence-corrected chi connectivity index (χ0v) is 17.1. The number of halogens is 1. The van der Waals surface area contributed by atoms with Crippen molar-refractivity contribution in [3.63, 3.8) is 0 Å². The summed E-state index contributed by atoms with van der Waals surface area (Å²) in [6.07, 6.45) is 1.61. The van der Waals surface area contributed by atoms with E-state index in [4.69, 9.17) is 0 Å². The first-order valence-corrected chi connectivity index (χ1v) is 9.53. The summed E-state index contributed by atoms with van der Waals surface area (Å²) in [6.45, 7) is 4.02. The standard InChI is InChI=1S/C22H19BrN4O/c1-15-12-18(16(2)27(15)20-10-8-19(23)9-11-20)14-25-26-22(28)21(13-24)17-6-4-3-5-7-17/h3-12,14,21H,1-2H3,(H,26,28)/b25-14-/t21-/m1/s1. The third-order valence-corrected chi connectivity index (χ3v) is 4.99. The molecule has 0 unspecified atom stereocenters. The number of hydrogen-bond donors (Lipinski definition) is 1. The fourth-order valence-corrected chi connectivity index (χ4v) is 3.33. The first-order valence-electron chi connectivity index (χ1n) is 8.73. The fourth-order valence-electron chi connectivity index (χ4n) is 3.07. The van der Waals surface area contributed by atoms with E-state index < -0.39 is 11.8 Å². The summed E-state index contributed by atoms with van der Waals surface area (Å²) in [4.78, 5) is 12.3. The van der Waals surface area contributed by atoms with Crippen LogP contribution in [0.1, 0.15) is 28.4 Å². The van der Waals surface area contributed by atoms with Gasteiger partial charge in [-0.05, 0) is 49.7 Å². The van der Waals surface area contributed by atoms with Crippen LogP contribution in [0, 0.1) is 25.2 Å². The topological polar surface area (TPSA) is 70.2 Å². The van der Waals surface area contributed by atoms with Crippen molar-refractivity contribution in [2.45, 2.75) is 19.8 Å². The van der Waals surface area contributed by atoms with Crippen LogP contribution in [0.2, 0.25) is 0 Å². The molecule has 6 heteroatoms. The van der Waals surface area contributed by atoms with Crippen molar-refractivity contribution >= 4 is 28.1 Å². The van der Waals surface area contributed by atoms with Crippen molar-refractivity contribution in [3.8, 4) is 11.8 Å². The van der Waals surface area contributed by atoms with Gasteiger partial charge in [0, 0.05) is 27.1 Å². The van der Waals surface area contributed by atoms with Crippen LogP contribution in [-0.2, 0) is 4.79 Å². The van der Waals surface area contributed by atoms with E-state index in [0.717, 1.165) is 27.1 Å². The van der Waals surface area contributed by atoms with Gasteiger partial charge in [0.2, 0.25) is 0 Å². The number of carbonyl (C=O) groups is 1. The van der Waals surface area contributed by atoms with Gasteiger partial charge in [-0.2, -0.15) is 10.4 Å². The normalized spacial score (nSPS) is 11.9. The second-order valence-corrected chi connectivity index (χ2v) is 7.26. The molecule has 3 aromatic rings. The molecule has 5 nitrogen and oxygen atoms in total. The molecule has 0 saturated carbocycles. The van der Waals surface area contributed by atoms with E-state index >= 15 is 0 Å². The Labute approximate surface area is 172 Å². The SMILES string of the molecule is Cc1cc(/C=N\NC(=O)[C@H](C#N)c2ccccc2)c(C)n1-c1ccc(Br)cc1. The van der Waals surface area contributed by atoms with E-state index in [1.165, 1.54) is 0 Å². The average Bonchev–Trinajstić information content (AvgIpc) is 2.97. The minimum absolute atomic E-state index is 0.452. The highest BCUT2D eigenvalue weighted by atomic mass is 79.9. The largest absolute Gasteiger partial charge is 0.318 e. The molecule has 0 saturated heterocycles. The van der Waals surface area contributed by atoms with Crippen LogP contribution in [0.15, 0.2) is 70.2 Å². The Balaban J connectivity index is 1.76. The van der Waals surface area contributed by atoms with Crippen LogP contribution >= 0.6 is 15.9 Å². The summed E-state index contributed by atoms with van der Waals surface area (Å²) in [6, 6.07) is 21.0. The molecule has 0 aliphatic rings. The van der Waals surface area contributed by atoms with Crippen molar-refractivity contribution < 1.29 is 4.79 Å². The average molecular weight is 435 g/mol. The lowest BCUT2D eigenvalue weighted by molar-refractivity contribution is -0.121. The second-order valence-electron chi connectivity index (χ2n) is 6.35. The van der Waals surface area contributed by atoms with Crippen LogP contribution in [0.4, 0.5) is 0 Å². The smallest absolute Gasteiger partial charge is 0.261 e. The second kappa shape index (κ2) is 8.68. The molecule has 0 aliphatic carbocycles. The minimum Gasteiger partial charge on any atom is -0.318 e. The molecule has 0 radical (unpaired) electrons. The quantitative estimate of drug-likeness (QED) is 0.470. The molecule has 0 aliphatic heterocycles. The third kappa shape index (κ3) is 4.21. The molecule has 1 N–H and O–H groups in total. The van der Waals surface area contributed by atoms with E-state index in [0.29, 0.717) is 5.56 Å². The Morgan fingerprint density at radius 2 is 1.86 bits per heavy atom. The molecule has 1 atom stereocenters. The number of hydrogen-bond acceptors (Lipinski definition) is 3. The lowest BCUT2D eigenvalue weighted by Crippen LogP contribution is -2.24. The number of carbonyl (C=O) groups excluding carboxylic acids is 1. The third-order valence-electron chi connectivity index (χ3n) is 4.46. The maximum Gasteiger partial charge on any atom is 0.261 e. The molecule has 28 heavy (non-hydrogen) atoms. The highest BCUT2D eigenvalue weighted by molar-refractivity contribution is 9.10. The van der Waals surface area contributed by atoms with Crippen LogP contribution in [0.25, 0.3) is 5.69 Å². The number of rotatable bonds is 5. The van der Waals surface area contributed by atoms with Crippen molar-refractivity contribution in [3.05, 3.63) is 87.7 Å². The summed E-state index contributed by atoms with van der Waals surface area (Å²) < 4.78 is 3.14. The molecule has 0 fully saturated rings. The Morgan fingerprint density at radius 3 is 2.50 bits per heavy atom. The number of nitrogens with zero attached hydrogens (tertiary/aromatic N) is 3. The predicted molar refractivity (Wildman–Crippen MR) is 113 cm³/mol. The number of aromatic nitrogens is 1. The van der Waals surface area contributed by atoms with Crippen LogP contribution in [0.5, 0.6) is 0 Å². The van der Waals surface area contributed by atoms with Crippen molar-refractivity contribution in [2.75, 3.05) is 0 Å². The molecular formula is C22H19BrN4O. The molecular weight excluding hydrogens is 416 g/mol. The number of nitriles is 1. The van der Waals surface area contributed by atoms with Crippen molar-refractivity contribution in [1.82, 2.24) is 9.99 Å². The molecule has 1 amide bonds. The highest BCUT2D eigenvalue weighted by Crippen LogP contribution is 2.21. The van der Waals surface area contributed by atoms with Crippen molar-refractivity contribution in [1.29, 1.82) is 5.26 Å². The molecule has 0 spiro atoms. The van der Waals surface area contributed by atoms with Gasteiger partial charge in [0.15, 0.2) is 5.92 Å². The van der Waals surface area contributed by atoms with Gasteiger partial charge in [0.05, 0.1) is 12.3 Å². The van der Waals surface area contributed by atoms with Crippen LogP contribution in [-0.4, -0.2) is 16.7 Å². The first kappa shape index (κ1) is 19.6. The highest BCUT2D eigenvalue weighted by Gasteiger charge is 2.19. The molecule has 140 valence electrons. The van der Waals surface area contributed by atoms with Gasteiger partial charge >= 0.3 is 0 Å². The number of amides is 1. The van der Waals surface area contributed by atoms with E-state index in [1.807, 2.05) is 56.3 Å². The zero-order valence-electron chi connectivity index (χ0n) is 15.6. The maximum atomic E-state index is 12.3. The lowest BCUT2D eigenvalue weighted by Gasteiger charge is -2.09. The first-order chi connectivity index (χ1) is 13.5. The van der Waals surface area contributed by atoms with Gasteiger partial charge in [0.1, 0.15) is 0 Å². The molecule has 1 heterocycles. The van der Waals surface area contributed by atoms with Gasteiger partial charge in [0.25, 0.3) is 5.91 Å². The summed E-state index contributed by atoms with van der Waals surface area (Å²) in [5, 5.41) is 13.4. The minimum atomic E-state index is -0.895.